The van der Waals surface area contributed by atoms with Crippen LogP contribution in [-0.4, -0.2) is 5.60 Å². The Hall–Kier alpha value is -1.99. The molecule has 0 spiro atoms. The first-order valence-corrected chi connectivity index (χ1v) is 3.70. The molecule has 4 heteroatoms. The summed E-state index contributed by atoms with van der Waals surface area (Å²) in [6.45, 7) is 3.34. The third-order valence-corrected chi connectivity index (χ3v) is 2.17. The van der Waals surface area contributed by atoms with Crippen LogP contribution in [0.2, 0.25) is 0 Å². The normalized spacial score (nSPS) is 24.1. The molecule has 0 aromatic rings. The molecule has 1 unspecified atom stereocenters. The fourth-order valence-corrected chi connectivity index (χ4v) is 1.28. The summed E-state index contributed by atoms with van der Waals surface area (Å²) in [7, 11) is 0. The molecule has 0 N–H and O–H groups in total. The molecule has 0 saturated carbocycles. The Morgan fingerprint density at radius 2 is 1.77 bits per heavy atom. The van der Waals surface area contributed by atoms with Gasteiger partial charge in [-0.1, -0.05) is 0 Å². The van der Waals surface area contributed by atoms with Crippen molar-refractivity contribution in [3.05, 3.63) is 11.3 Å². The van der Waals surface area contributed by atoms with Gasteiger partial charge in [0.2, 0.25) is 0 Å². The van der Waals surface area contributed by atoms with Crippen LogP contribution in [-0.2, 0) is 4.74 Å². The SMILES string of the molecule is CC1=C(C)C(C#N)C(C#N)(C#N)O1. The summed E-state index contributed by atoms with van der Waals surface area (Å²) in [5.74, 6) is -0.280. The lowest BCUT2D eigenvalue weighted by Gasteiger charge is -2.15. The van der Waals surface area contributed by atoms with E-state index in [0.717, 1.165) is 0 Å². The van der Waals surface area contributed by atoms with Crippen molar-refractivity contribution in [2.24, 2.45) is 5.92 Å². The molecule has 1 heterocycles. The van der Waals surface area contributed by atoms with E-state index in [9.17, 15) is 0 Å². The monoisotopic (exact) mass is 173 g/mol. The zero-order valence-electron chi connectivity index (χ0n) is 7.33. The van der Waals surface area contributed by atoms with Gasteiger partial charge >= 0.3 is 0 Å². The highest BCUT2D eigenvalue weighted by Gasteiger charge is 2.49. The number of allylic oxidation sites excluding steroid dienone is 1. The van der Waals surface area contributed by atoms with Crippen LogP contribution in [0.4, 0.5) is 0 Å². The van der Waals surface area contributed by atoms with Gasteiger partial charge in [-0.25, -0.2) is 0 Å². The van der Waals surface area contributed by atoms with Crippen molar-refractivity contribution in [2.45, 2.75) is 19.4 Å². The molecule has 13 heavy (non-hydrogen) atoms. The molecule has 0 amide bonds. The highest BCUT2D eigenvalue weighted by molar-refractivity contribution is 5.38. The molecule has 4 nitrogen and oxygen atoms in total. The Kier molecular flexibility index (Phi) is 1.97. The van der Waals surface area contributed by atoms with Gasteiger partial charge < -0.3 is 4.74 Å². The van der Waals surface area contributed by atoms with Crippen molar-refractivity contribution in [3.8, 4) is 18.2 Å². The van der Waals surface area contributed by atoms with E-state index in [1.165, 1.54) is 0 Å². The quantitative estimate of drug-likeness (QED) is 0.551. The second-order valence-electron chi connectivity index (χ2n) is 2.86. The second-order valence-corrected chi connectivity index (χ2v) is 2.86. The Morgan fingerprint density at radius 1 is 1.23 bits per heavy atom. The van der Waals surface area contributed by atoms with E-state index in [1.807, 2.05) is 6.07 Å². The van der Waals surface area contributed by atoms with Gasteiger partial charge in [-0.3, -0.25) is 0 Å². The molecule has 1 aliphatic heterocycles. The maximum absolute atomic E-state index is 8.79. The number of nitrogens with zero attached hydrogens (tertiary/aromatic N) is 3. The van der Waals surface area contributed by atoms with Crippen molar-refractivity contribution in [1.29, 1.82) is 15.8 Å². The van der Waals surface area contributed by atoms with Crippen molar-refractivity contribution in [2.75, 3.05) is 0 Å². The Labute approximate surface area is 76.3 Å². The lowest BCUT2D eigenvalue weighted by molar-refractivity contribution is 0.112. The maximum Gasteiger partial charge on any atom is 0.298 e. The number of ether oxygens (including phenoxy) is 1. The Morgan fingerprint density at radius 3 is 2.08 bits per heavy atom. The van der Waals surface area contributed by atoms with Gasteiger partial charge in [0.1, 0.15) is 18.1 Å². The molecule has 0 fully saturated rings. The predicted molar refractivity (Wildman–Crippen MR) is 42.5 cm³/mol. The van der Waals surface area contributed by atoms with E-state index in [2.05, 4.69) is 0 Å². The zero-order valence-corrected chi connectivity index (χ0v) is 7.33. The molecular formula is C9H7N3O. The Balaban J connectivity index is 3.22. The highest BCUT2D eigenvalue weighted by Crippen LogP contribution is 2.37. The summed E-state index contributed by atoms with van der Waals surface area (Å²) in [6, 6.07) is 5.39. The molecule has 1 rings (SSSR count). The minimum absolute atomic E-state index is 0.495. The molecule has 64 valence electrons. The van der Waals surface area contributed by atoms with Crippen LogP contribution in [0.5, 0.6) is 0 Å². The van der Waals surface area contributed by atoms with Gasteiger partial charge in [-0.15, -0.1) is 0 Å². The molecule has 0 aromatic carbocycles. The lowest BCUT2D eigenvalue weighted by atomic mass is 9.87. The molecular weight excluding hydrogens is 166 g/mol. The number of rotatable bonds is 0. The van der Waals surface area contributed by atoms with Crippen molar-refractivity contribution < 1.29 is 4.74 Å². The third kappa shape index (κ3) is 1.03. The molecule has 0 aliphatic carbocycles. The van der Waals surface area contributed by atoms with Gasteiger partial charge in [0.25, 0.3) is 5.60 Å². The standard InChI is InChI=1S/C9H7N3O/c1-6-7(2)13-9(4-11,5-12)8(6)3-10/h8H,1-2H3. The lowest BCUT2D eigenvalue weighted by Crippen LogP contribution is -2.32. The number of hydrogen-bond acceptors (Lipinski definition) is 4. The minimum atomic E-state index is -1.64. The van der Waals surface area contributed by atoms with Gasteiger partial charge in [0.05, 0.1) is 11.8 Å². The fraction of sp³-hybridized carbons (Fsp3) is 0.444. The van der Waals surface area contributed by atoms with E-state index in [1.54, 1.807) is 26.0 Å². The summed E-state index contributed by atoms with van der Waals surface area (Å²) in [5, 5.41) is 26.3. The zero-order chi connectivity index (χ0) is 10.1. The minimum Gasteiger partial charge on any atom is -0.462 e. The summed E-state index contributed by atoms with van der Waals surface area (Å²) >= 11 is 0. The van der Waals surface area contributed by atoms with E-state index >= 15 is 0 Å². The van der Waals surface area contributed by atoms with Gasteiger partial charge in [0.15, 0.2) is 0 Å². The van der Waals surface area contributed by atoms with Crippen LogP contribution < -0.4 is 0 Å². The third-order valence-electron chi connectivity index (χ3n) is 2.17. The first-order valence-electron chi connectivity index (χ1n) is 3.70. The molecule has 0 aromatic heterocycles. The van der Waals surface area contributed by atoms with E-state index in [-0.39, 0.29) is 0 Å². The van der Waals surface area contributed by atoms with Crippen LogP contribution in [0, 0.1) is 39.9 Å². The van der Waals surface area contributed by atoms with Gasteiger partial charge in [-0.2, -0.15) is 15.8 Å². The van der Waals surface area contributed by atoms with Crippen molar-refractivity contribution in [1.82, 2.24) is 0 Å². The van der Waals surface area contributed by atoms with Crippen LogP contribution >= 0.6 is 0 Å². The largest absolute Gasteiger partial charge is 0.462 e. The van der Waals surface area contributed by atoms with E-state index in [0.29, 0.717) is 11.3 Å². The van der Waals surface area contributed by atoms with E-state index < -0.39 is 11.5 Å². The maximum atomic E-state index is 8.79. The second kappa shape index (κ2) is 2.81. The van der Waals surface area contributed by atoms with Crippen LogP contribution in [0.25, 0.3) is 0 Å². The molecule has 0 bridgehead atoms. The summed E-state index contributed by atoms with van der Waals surface area (Å²) in [6.07, 6.45) is 0. The highest BCUT2D eigenvalue weighted by atomic mass is 16.5. The van der Waals surface area contributed by atoms with Gasteiger partial charge in [-0.05, 0) is 19.4 Å². The first kappa shape index (κ1) is 9.10. The topological polar surface area (TPSA) is 80.6 Å². The average Bonchev–Trinajstić information content (AvgIpc) is 2.40. The first-order chi connectivity index (χ1) is 6.11. The summed E-state index contributed by atoms with van der Waals surface area (Å²) in [5.41, 5.74) is -0.978. The molecule has 0 radical (unpaired) electrons. The fourth-order valence-electron chi connectivity index (χ4n) is 1.28. The van der Waals surface area contributed by atoms with E-state index in [4.69, 9.17) is 20.5 Å². The van der Waals surface area contributed by atoms with Crippen LogP contribution in [0.1, 0.15) is 13.8 Å². The van der Waals surface area contributed by atoms with Crippen molar-refractivity contribution >= 4 is 0 Å². The number of nitriles is 3. The molecule has 1 atom stereocenters. The molecule has 1 aliphatic rings. The Bertz CT molecular complexity index is 375. The molecule has 0 saturated heterocycles. The van der Waals surface area contributed by atoms with Crippen LogP contribution in [0.3, 0.4) is 0 Å². The van der Waals surface area contributed by atoms with Crippen LogP contribution in [0.15, 0.2) is 11.3 Å². The number of hydrogen-bond donors (Lipinski definition) is 0. The summed E-state index contributed by atoms with van der Waals surface area (Å²) in [4.78, 5) is 0. The smallest absolute Gasteiger partial charge is 0.298 e. The van der Waals surface area contributed by atoms with Crippen molar-refractivity contribution in [3.63, 3.8) is 0 Å². The van der Waals surface area contributed by atoms with Gasteiger partial charge in [0, 0.05) is 0 Å². The summed E-state index contributed by atoms with van der Waals surface area (Å²) < 4.78 is 5.10. The average molecular weight is 173 g/mol. The predicted octanol–water partition coefficient (Wildman–Crippen LogP) is 1.24.